The highest BCUT2D eigenvalue weighted by Crippen LogP contribution is 2.32. The Morgan fingerprint density at radius 3 is 2.60 bits per heavy atom. The van der Waals surface area contributed by atoms with Gasteiger partial charge in [-0.05, 0) is 30.2 Å². The van der Waals surface area contributed by atoms with Gasteiger partial charge in [-0.1, -0.05) is 18.7 Å². The summed E-state index contributed by atoms with van der Waals surface area (Å²) in [6.07, 6.45) is 0.894. The van der Waals surface area contributed by atoms with Crippen LogP contribution in [0.15, 0.2) is 18.2 Å². The molecule has 0 amide bonds. The molecule has 1 aromatic carbocycles. The van der Waals surface area contributed by atoms with Gasteiger partial charge in [0.2, 0.25) is 0 Å². The molecule has 0 aromatic heterocycles. The molecule has 6 nitrogen and oxygen atoms in total. The molecule has 2 unspecified atom stereocenters. The van der Waals surface area contributed by atoms with Gasteiger partial charge in [-0.3, -0.25) is 4.84 Å². The number of ether oxygens (including phenoxy) is 2. The van der Waals surface area contributed by atoms with Gasteiger partial charge in [0.25, 0.3) is 0 Å². The molecule has 0 spiro atoms. The van der Waals surface area contributed by atoms with Crippen molar-refractivity contribution in [3.63, 3.8) is 0 Å². The summed E-state index contributed by atoms with van der Waals surface area (Å²) in [5, 5.41) is 1.83. The van der Waals surface area contributed by atoms with Gasteiger partial charge in [-0.2, -0.15) is 0 Å². The number of anilines is 1. The second kappa shape index (κ2) is 7.14. The minimum Gasteiger partial charge on any atom is -0.497 e. The van der Waals surface area contributed by atoms with Crippen LogP contribution in [0.25, 0.3) is 0 Å². The third-order valence-corrected chi connectivity index (χ3v) is 4.23. The number of nitrogens with zero attached hydrogens (tertiary/aromatic N) is 1. The normalized spacial score (nSPS) is 22.0. The summed E-state index contributed by atoms with van der Waals surface area (Å²) < 4.78 is 10.5. The molecule has 0 radical (unpaired) electrons. The van der Waals surface area contributed by atoms with Gasteiger partial charge in [-0.15, -0.1) is 0 Å². The van der Waals surface area contributed by atoms with Crippen molar-refractivity contribution in [3.05, 3.63) is 23.8 Å². The zero-order valence-corrected chi connectivity index (χ0v) is 13.0. The maximum Gasteiger partial charge on any atom is 0.171 e. The molecule has 1 saturated heterocycles. The van der Waals surface area contributed by atoms with E-state index >= 15 is 0 Å². The van der Waals surface area contributed by atoms with E-state index < -0.39 is 0 Å². The number of thioether (sulfide) groups is 1. The Morgan fingerprint density at radius 1 is 1.25 bits per heavy atom. The Bertz CT molecular complexity index is 447. The summed E-state index contributed by atoms with van der Waals surface area (Å²) in [5.41, 5.74) is 8.20. The van der Waals surface area contributed by atoms with Crippen LogP contribution in [0.4, 0.5) is 5.69 Å². The van der Waals surface area contributed by atoms with Crippen LogP contribution in [0.3, 0.4) is 0 Å². The quantitative estimate of drug-likeness (QED) is 0.775. The highest BCUT2D eigenvalue weighted by atomic mass is 32.2. The van der Waals surface area contributed by atoms with E-state index in [1.807, 2.05) is 23.3 Å². The molecule has 0 bridgehead atoms. The predicted molar refractivity (Wildman–Crippen MR) is 80.3 cm³/mol. The third kappa shape index (κ3) is 3.18. The number of benzene rings is 1. The maximum absolute atomic E-state index is 5.54. The fourth-order valence-corrected chi connectivity index (χ4v) is 2.99. The van der Waals surface area contributed by atoms with Crippen molar-refractivity contribution in [2.75, 3.05) is 26.4 Å². The minimum absolute atomic E-state index is 0.0661. The van der Waals surface area contributed by atoms with Gasteiger partial charge in [0.05, 0.1) is 19.9 Å². The van der Waals surface area contributed by atoms with Crippen molar-refractivity contribution in [3.8, 4) is 5.75 Å². The van der Waals surface area contributed by atoms with E-state index in [1.165, 1.54) is 0 Å². The summed E-state index contributed by atoms with van der Waals surface area (Å²) in [7, 11) is 4.99. The van der Waals surface area contributed by atoms with E-state index in [2.05, 4.69) is 17.8 Å². The second-order valence-electron chi connectivity index (χ2n) is 4.20. The van der Waals surface area contributed by atoms with Gasteiger partial charge in [0.15, 0.2) is 11.1 Å². The molecule has 1 aliphatic heterocycles. The van der Waals surface area contributed by atoms with Crippen LogP contribution in [-0.2, 0) is 16.0 Å². The average molecular weight is 299 g/mol. The summed E-state index contributed by atoms with van der Waals surface area (Å²) in [6, 6.07) is 5.97. The van der Waals surface area contributed by atoms with Crippen molar-refractivity contribution in [1.82, 2.24) is 10.9 Å². The van der Waals surface area contributed by atoms with Gasteiger partial charge in [0.1, 0.15) is 5.75 Å². The number of hydrogen-bond donors (Lipinski definition) is 2. The maximum atomic E-state index is 5.54. The van der Waals surface area contributed by atoms with E-state index in [9.17, 15) is 0 Å². The van der Waals surface area contributed by atoms with Crippen LogP contribution in [0.1, 0.15) is 12.5 Å². The fourth-order valence-electron chi connectivity index (χ4n) is 2.06. The van der Waals surface area contributed by atoms with Crippen LogP contribution in [0.5, 0.6) is 5.75 Å². The first-order valence-electron chi connectivity index (χ1n) is 6.43. The van der Waals surface area contributed by atoms with Gasteiger partial charge >= 0.3 is 0 Å². The molecule has 20 heavy (non-hydrogen) atoms. The van der Waals surface area contributed by atoms with Crippen molar-refractivity contribution in [2.45, 2.75) is 24.4 Å². The number of hydrogen-bond acceptors (Lipinski definition) is 7. The molecule has 1 aliphatic rings. The van der Waals surface area contributed by atoms with Crippen molar-refractivity contribution in [2.24, 2.45) is 0 Å². The molecule has 112 valence electrons. The lowest BCUT2D eigenvalue weighted by Crippen LogP contribution is -2.44. The molecule has 2 rings (SSSR count). The lowest BCUT2D eigenvalue weighted by atomic mass is 10.1. The van der Waals surface area contributed by atoms with E-state index in [4.69, 9.17) is 14.3 Å². The molecular weight excluding hydrogens is 278 g/mol. The summed E-state index contributed by atoms with van der Waals surface area (Å²) in [4.78, 5) is 5.54. The zero-order chi connectivity index (χ0) is 14.5. The number of methoxy groups -OCH3 is 2. The molecule has 2 N–H and O–H groups in total. The summed E-state index contributed by atoms with van der Waals surface area (Å²) in [6.45, 7) is 2.11. The first-order chi connectivity index (χ1) is 9.73. The molecule has 1 heterocycles. The number of nitrogens with one attached hydrogen (secondary N) is 2. The predicted octanol–water partition coefficient (Wildman–Crippen LogP) is 1.68. The zero-order valence-electron chi connectivity index (χ0n) is 12.2. The summed E-state index contributed by atoms with van der Waals surface area (Å²) in [5.74, 6) is 0.849. The monoisotopic (exact) mass is 299 g/mol. The van der Waals surface area contributed by atoms with Gasteiger partial charge in [0, 0.05) is 7.11 Å². The molecular formula is C13H21N3O3S. The van der Waals surface area contributed by atoms with Crippen LogP contribution < -0.4 is 20.7 Å². The first-order valence-corrected chi connectivity index (χ1v) is 7.37. The molecule has 0 saturated carbocycles. The van der Waals surface area contributed by atoms with Crippen LogP contribution >= 0.6 is 11.8 Å². The van der Waals surface area contributed by atoms with Crippen LogP contribution in [0, 0.1) is 0 Å². The van der Waals surface area contributed by atoms with Gasteiger partial charge < -0.3 is 9.47 Å². The number of aryl methyl sites for hydroxylation is 1. The minimum atomic E-state index is -0.0963. The standard InChI is InChI=1S/C13H21N3O3S/c1-5-9-8-10(17-2)6-7-11(9)16(19-4)12-14-15-13(18-3)20-12/h6-8,12-15H,5H2,1-4H3. The smallest absolute Gasteiger partial charge is 0.171 e. The largest absolute Gasteiger partial charge is 0.497 e. The van der Waals surface area contributed by atoms with Crippen molar-refractivity contribution < 1.29 is 14.3 Å². The fraction of sp³-hybridized carbons (Fsp3) is 0.538. The van der Waals surface area contributed by atoms with E-state index in [-0.39, 0.29) is 11.1 Å². The van der Waals surface area contributed by atoms with Crippen LogP contribution in [0.2, 0.25) is 0 Å². The summed E-state index contributed by atoms with van der Waals surface area (Å²) >= 11 is 1.59. The molecule has 0 aliphatic carbocycles. The Kier molecular flexibility index (Phi) is 5.50. The van der Waals surface area contributed by atoms with Crippen molar-refractivity contribution >= 4 is 17.4 Å². The second-order valence-corrected chi connectivity index (χ2v) is 5.35. The molecule has 7 heteroatoms. The Balaban J connectivity index is 2.23. The van der Waals surface area contributed by atoms with Crippen molar-refractivity contribution in [1.29, 1.82) is 0 Å². The molecule has 1 aromatic rings. The first kappa shape index (κ1) is 15.4. The van der Waals surface area contributed by atoms with Crippen LogP contribution in [-0.4, -0.2) is 32.4 Å². The third-order valence-electron chi connectivity index (χ3n) is 3.11. The number of rotatable bonds is 6. The van der Waals surface area contributed by atoms with E-state index in [0.717, 1.165) is 23.4 Å². The van der Waals surface area contributed by atoms with Gasteiger partial charge in [-0.25, -0.2) is 15.9 Å². The Labute approximate surface area is 123 Å². The SMILES string of the molecule is CCc1cc(OC)ccc1N(OC)C1NNC(OC)S1. The lowest BCUT2D eigenvalue weighted by molar-refractivity contribution is 0.128. The average Bonchev–Trinajstić information content (AvgIpc) is 2.97. The van der Waals surface area contributed by atoms with E-state index in [1.54, 1.807) is 33.1 Å². The Hall–Kier alpha value is -0.990. The highest BCUT2D eigenvalue weighted by Gasteiger charge is 2.31. The highest BCUT2D eigenvalue weighted by molar-refractivity contribution is 8.00. The Morgan fingerprint density at radius 2 is 2.05 bits per heavy atom. The molecule has 2 atom stereocenters. The molecule has 1 fully saturated rings. The topological polar surface area (TPSA) is 55.0 Å². The number of hydrazine groups is 1. The number of hydroxylamine groups is 1. The lowest BCUT2D eigenvalue weighted by Gasteiger charge is -2.28. The van der Waals surface area contributed by atoms with E-state index in [0.29, 0.717) is 0 Å².